The maximum atomic E-state index is 12.7. The molecule has 1 saturated carbocycles. The molecule has 0 radical (unpaired) electrons. The van der Waals surface area contributed by atoms with Crippen LogP contribution in [0.5, 0.6) is 5.75 Å². The predicted octanol–water partition coefficient (Wildman–Crippen LogP) is 6.01. The zero-order valence-corrected chi connectivity index (χ0v) is 21.9. The number of hydrogen-bond acceptors (Lipinski definition) is 4. The summed E-state index contributed by atoms with van der Waals surface area (Å²) in [7, 11) is -4.34. The Labute approximate surface area is 205 Å². The third kappa shape index (κ3) is 5.38. The second-order valence-corrected chi connectivity index (χ2v) is 11.5. The van der Waals surface area contributed by atoms with Crippen molar-refractivity contribution in [2.24, 2.45) is 0 Å². The molecule has 0 saturated heterocycles. The number of esters is 1. The van der Waals surface area contributed by atoms with Crippen LogP contribution in [0.2, 0.25) is 0 Å². The van der Waals surface area contributed by atoms with Crippen molar-refractivity contribution in [3.8, 4) is 5.75 Å². The highest BCUT2D eigenvalue weighted by Gasteiger charge is 2.25. The van der Waals surface area contributed by atoms with E-state index in [0.717, 1.165) is 42.8 Å². The lowest BCUT2D eigenvalue weighted by atomic mass is 9.84. The van der Waals surface area contributed by atoms with Gasteiger partial charge in [0.05, 0.1) is 10.5 Å². The van der Waals surface area contributed by atoms with Gasteiger partial charge in [0.25, 0.3) is 10.1 Å². The van der Waals surface area contributed by atoms with Crippen molar-refractivity contribution in [3.63, 3.8) is 0 Å². The summed E-state index contributed by atoms with van der Waals surface area (Å²) in [5.41, 5.74) is 0.989. The van der Waals surface area contributed by atoms with E-state index in [1.807, 2.05) is 6.07 Å². The van der Waals surface area contributed by atoms with Crippen molar-refractivity contribution in [2.75, 3.05) is 0 Å². The zero-order chi connectivity index (χ0) is 20.5. The number of carbonyl (C=O) groups is 1. The van der Waals surface area contributed by atoms with Crippen molar-refractivity contribution < 1.29 is 22.5 Å². The predicted molar refractivity (Wildman–Crippen MR) is 132 cm³/mol. The monoisotopic (exact) mass is 738 g/mol. The molecule has 1 N–H and O–H groups in total. The van der Waals surface area contributed by atoms with Crippen LogP contribution >= 0.6 is 67.8 Å². The minimum absolute atomic E-state index is 0.0312. The molecule has 0 atom stereocenters. The van der Waals surface area contributed by atoms with Crippen LogP contribution in [0.25, 0.3) is 0 Å². The molecule has 0 spiro atoms. The molecule has 3 rings (SSSR count). The van der Waals surface area contributed by atoms with E-state index in [-0.39, 0.29) is 16.6 Å². The van der Waals surface area contributed by atoms with Gasteiger partial charge in [0.15, 0.2) is 0 Å². The van der Waals surface area contributed by atoms with Crippen molar-refractivity contribution in [3.05, 3.63) is 52.2 Å². The van der Waals surface area contributed by atoms with E-state index >= 15 is 0 Å². The molecule has 1 aliphatic carbocycles. The summed E-state index contributed by atoms with van der Waals surface area (Å²) in [5.74, 6) is -0.182. The average Bonchev–Trinajstić information content (AvgIpc) is 2.64. The summed E-state index contributed by atoms with van der Waals surface area (Å²) >= 11 is 6.47. The highest BCUT2D eigenvalue weighted by molar-refractivity contribution is 14.1. The van der Waals surface area contributed by atoms with Gasteiger partial charge >= 0.3 is 5.97 Å². The van der Waals surface area contributed by atoms with Gasteiger partial charge < -0.3 is 4.74 Å². The van der Waals surface area contributed by atoms with Gasteiger partial charge in [0.1, 0.15) is 5.75 Å². The smallest absolute Gasteiger partial charge is 0.344 e. The van der Waals surface area contributed by atoms with Gasteiger partial charge in [-0.3, -0.25) is 4.55 Å². The SMILES string of the molecule is O=C(Oc1ccc(S(=O)(=O)O)c(C2CCCCC2)c1)c1cc(I)c(I)cc1I. The van der Waals surface area contributed by atoms with Gasteiger partial charge in [0.2, 0.25) is 0 Å². The van der Waals surface area contributed by atoms with E-state index in [9.17, 15) is 17.8 Å². The Morgan fingerprint density at radius 1 is 0.964 bits per heavy atom. The number of rotatable bonds is 4. The highest BCUT2D eigenvalue weighted by atomic mass is 127. The summed E-state index contributed by atoms with van der Waals surface area (Å²) in [6.07, 6.45) is 4.86. The molecule has 9 heteroatoms. The summed E-state index contributed by atoms with van der Waals surface area (Å²) in [5, 5.41) is 0. The minimum Gasteiger partial charge on any atom is -0.423 e. The van der Waals surface area contributed by atoms with Crippen LogP contribution in [0.4, 0.5) is 0 Å². The van der Waals surface area contributed by atoms with E-state index in [2.05, 4.69) is 67.8 Å². The molecular weight excluding hydrogens is 721 g/mol. The lowest BCUT2D eigenvalue weighted by molar-refractivity contribution is 0.0733. The topological polar surface area (TPSA) is 80.7 Å². The summed E-state index contributed by atoms with van der Waals surface area (Å²) in [6, 6.07) is 8.01. The number of halogens is 3. The molecule has 0 aliphatic heterocycles. The third-order valence-electron chi connectivity index (χ3n) is 4.74. The van der Waals surface area contributed by atoms with E-state index < -0.39 is 16.1 Å². The van der Waals surface area contributed by atoms with Gasteiger partial charge in [-0.25, -0.2) is 4.79 Å². The molecule has 2 aromatic carbocycles. The molecule has 0 unspecified atom stereocenters. The Morgan fingerprint density at radius 2 is 1.61 bits per heavy atom. The van der Waals surface area contributed by atoms with E-state index in [1.54, 1.807) is 12.1 Å². The van der Waals surface area contributed by atoms with Crippen LogP contribution in [0.15, 0.2) is 35.2 Å². The largest absolute Gasteiger partial charge is 0.423 e. The van der Waals surface area contributed by atoms with Gasteiger partial charge in [0, 0.05) is 10.7 Å². The van der Waals surface area contributed by atoms with E-state index in [4.69, 9.17) is 4.74 Å². The first-order chi connectivity index (χ1) is 13.2. The number of carbonyl (C=O) groups excluding carboxylic acids is 1. The molecule has 5 nitrogen and oxygen atoms in total. The maximum absolute atomic E-state index is 12.7. The quantitative estimate of drug-likeness (QED) is 0.137. The zero-order valence-electron chi connectivity index (χ0n) is 14.6. The fourth-order valence-corrected chi connectivity index (χ4v) is 6.38. The lowest BCUT2D eigenvalue weighted by Gasteiger charge is -2.24. The average molecular weight is 738 g/mol. The molecule has 0 amide bonds. The van der Waals surface area contributed by atoms with Crippen LogP contribution in [0, 0.1) is 10.7 Å². The molecule has 1 fully saturated rings. The Balaban J connectivity index is 1.94. The van der Waals surface area contributed by atoms with E-state index in [1.165, 1.54) is 12.1 Å². The number of ether oxygens (including phenoxy) is 1. The third-order valence-corrected chi connectivity index (χ3v) is 9.38. The second-order valence-electron chi connectivity index (χ2n) is 6.65. The van der Waals surface area contributed by atoms with Crippen LogP contribution in [0.1, 0.15) is 53.9 Å². The Kier molecular flexibility index (Phi) is 7.64. The van der Waals surface area contributed by atoms with Gasteiger partial charge in [-0.05, 0) is 122 Å². The summed E-state index contributed by atoms with van der Waals surface area (Å²) < 4.78 is 41.6. The van der Waals surface area contributed by atoms with Gasteiger partial charge in [-0.15, -0.1) is 0 Å². The lowest BCUT2D eigenvalue weighted by Crippen LogP contribution is -2.14. The molecule has 1 aliphatic rings. The van der Waals surface area contributed by atoms with Crippen molar-refractivity contribution >= 4 is 83.9 Å². The standard InChI is InChI=1S/C19H17I3O5S/c20-15-10-17(22)16(21)9-14(15)19(23)27-12-6-7-18(28(24,25)26)13(8-12)11-4-2-1-3-5-11/h6-11H,1-5H2,(H,24,25,26). The van der Waals surface area contributed by atoms with E-state index in [0.29, 0.717) is 11.1 Å². The minimum atomic E-state index is -4.34. The van der Waals surface area contributed by atoms with Gasteiger partial charge in [-0.1, -0.05) is 19.3 Å². The Bertz CT molecular complexity index is 1010. The Hall–Kier alpha value is 0.0100. The van der Waals surface area contributed by atoms with Crippen LogP contribution < -0.4 is 4.74 Å². The highest BCUT2D eigenvalue weighted by Crippen LogP contribution is 2.38. The van der Waals surface area contributed by atoms with Crippen LogP contribution in [-0.2, 0) is 10.1 Å². The molecule has 0 bridgehead atoms. The molecular formula is C19H17I3O5S. The van der Waals surface area contributed by atoms with Gasteiger partial charge in [-0.2, -0.15) is 8.42 Å². The first kappa shape index (κ1) is 22.7. The normalized spacial score (nSPS) is 15.4. The second kappa shape index (κ2) is 9.43. The molecule has 150 valence electrons. The van der Waals surface area contributed by atoms with Crippen molar-refractivity contribution in [1.29, 1.82) is 0 Å². The molecule has 2 aromatic rings. The number of hydrogen-bond donors (Lipinski definition) is 1. The molecule has 0 heterocycles. The molecule has 28 heavy (non-hydrogen) atoms. The summed E-state index contributed by atoms with van der Waals surface area (Å²) in [4.78, 5) is 12.6. The first-order valence-corrected chi connectivity index (χ1v) is 13.3. The summed E-state index contributed by atoms with van der Waals surface area (Å²) in [6.45, 7) is 0. The molecule has 0 aromatic heterocycles. The first-order valence-electron chi connectivity index (χ1n) is 8.65. The fraction of sp³-hybridized carbons (Fsp3) is 0.316. The van der Waals surface area contributed by atoms with Crippen molar-refractivity contribution in [2.45, 2.75) is 42.9 Å². The Morgan fingerprint density at radius 3 is 2.25 bits per heavy atom. The van der Waals surface area contributed by atoms with Crippen LogP contribution in [-0.4, -0.2) is 18.9 Å². The maximum Gasteiger partial charge on any atom is 0.344 e. The van der Waals surface area contributed by atoms with Crippen molar-refractivity contribution in [1.82, 2.24) is 0 Å². The van der Waals surface area contributed by atoms with Crippen LogP contribution in [0.3, 0.4) is 0 Å². The number of benzene rings is 2. The fourth-order valence-electron chi connectivity index (χ4n) is 3.40.